The zero-order valence-electron chi connectivity index (χ0n) is 10.5. The van der Waals surface area contributed by atoms with Crippen molar-refractivity contribution in [2.24, 2.45) is 10.9 Å². The summed E-state index contributed by atoms with van der Waals surface area (Å²) in [5.41, 5.74) is 7.04. The van der Waals surface area contributed by atoms with Crippen LogP contribution in [0.1, 0.15) is 22.8 Å². The molecule has 98 valence electrons. The molecule has 0 radical (unpaired) electrons. The van der Waals surface area contributed by atoms with Crippen LogP contribution in [0.25, 0.3) is 0 Å². The molecule has 1 aromatic carbocycles. The van der Waals surface area contributed by atoms with E-state index in [0.29, 0.717) is 5.56 Å². The van der Waals surface area contributed by atoms with Gasteiger partial charge in [0.2, 0.25) is 0 Å². The molecule has 0 fully saturated rings. The number of nitrogens with zero attached hydrogens (tertiary/aromatic N) is 2. The Kier molecular flexibility index (Phi) is 4.72. The summed E-state index contributed by atoms with van der Waals surface area (Å²) in [6, 6.07) is 5.05. The van der Waals surface area contributed by atoms with Gasteiger partial charge >= 0.3 is 0 Å². The van der Waals surface area contributed by atoms with E-state index in [1.54, 1.807) is 20.0 Å². The molecule has 5 nitrogen and oxygen atoms in total. The van der Waals surface area contributed by atoms with Gasteiger partial charge < -0.3 is 15.8 Å². The van der Waals surface area contributed by atoms with Gasteiger partial charge in [0.15, 0.2) is 5.84 Å². The van der Waals surface area contributed by atoms with Gasteiger partial charge in [0.1, 0.15) is 0 Å². The third kappa shape index (κ3) is 3.01. The molecular formula is C12H16BrN3O2. The number of benzene rings is 1. The van der Waals surface area contributed by atoms with Crippen LogP contribution in [0, 0.1) is 6.92 Å². The van der Waals surface area contributed by atoms with Gasteiger partial charge in [0, 0.05) is 11.5 Å². The molecule has 0 saturated heterocycles. The Labute approximate surface area is 114 Å². The van der Waals surface area contributed by atoms with Gasteiger partial charge in [0.25, 0.3) is 5.91 Å². The summed E-state index contributed by atoms with van der Waals surface area (Å²) in [6.45, 7) is 3.60. The first-order valence-corrected chi connectivity index (χ1v) is 6.18. The quantitative estimate of drug-likeness (QED) is 0.387. The highest BCUT2D eigenvalue weighted by molar-refractivity contribution is 9.10. The van der Waals surface area contributed by atoms with E-state index in [1.165, 1.54) is 4.90 Å². The number of amidine groups is 1. The molecule has 0 aromatic heterocycles. The largest absolute Gasteiger partial charge is 0.409 e. The summed E-state index contributed by atoms with van der Waals surface area (Å²) in [6.07, 6.45) is 0. The Morgan fingerprint density at radius 1 is 1.56 bits per heavy atom. The number of aryl methyl sites for hydroxylation is 1. The lowest BCUT2D eigenvalue weighted by Gasteiger charge is -2.24. The van der Waals surface area contributed by atoms with Gasteiger partial charge in [-0.25, -0.2) is 0 Å². The smallest absolute Gasteiger partial charge is 0.255 e. The molecular weight excluding hydrogens is 298 g/mol. The molecule has 18 heavy (non-hydrogen) atoms. The van der Waals surface area contributed by atoms with Crippen molar-refractivity contribution in [3.63, 3.8) is 0 Å². The molecule has 0 heterocycles. The first-order valence-electron chi connectivity index (χ1n) is 5.39. The highest BCUT2D eigenvalue weighted by atomic mass is 79.9. The van der Waals surface area contributed by atoms with Gasteiger partial charge in [-0.1, -0.05) is 16.8 Å². The van der Waals surface area contributed by atoms with Crippen LogP contribution in [-0.2, 0) is 0 Å². The van der Waals surface area contributed by atoms with Crippen LogP contribution in [-0.4, -0.2) is 34.9 Å². The molecule has 1 atom stereocenters. The Balaban J connectivity index is 3.03. The fraction of sp³-hybridized carbons (Fsp3) is 0.333. The van der Waals surface area contributed by atoms with E-state index in [-0.39, 0.29) is 11.7 Å². The maximum atomic E-state index is 12.3. The first kappa shape index (κ1) is 14.5. The molecule has 1 unspecified atom stereocenters. The Hall–Kier alpha value is -1.56. The summed E-state index contributed by atoms with van der Waals surface area (Å²) >= 11 is 3.34. The van der Waals surface area contributed by atoms with Gasteiger partial charge in [-0.2, -0.15) is 0 Å². The van der Waals surface area contributed by atoms with Gasteiger partial charge in [-0.3, -0.25) is 4.79 Å². The van der Waals surface area contributed by atoms with Crippen molar-refractivity contribution in [3.8, 4) is 0 Å². The number of likely N-dealkylation sites (N-methyl/N-ethyl adjacent to an activating group) is 1. The lowest BCUT2D eigenvalue weighted by atomic mass is 10.1. The summed E-state index contributed by atoms with van der Waals surface area (Å²) in [5.74, 6) is -0.195. The molecule has 0 aliphatic heterocycles. The second-order valence-corrected chi connectivity index (χ2v) is 4.95. The van der Waals surface area contributed by atoms with Gasteiger partial charge in [-0.15, -0.1) is 0 Å². The minimum atomic E-state index is -0.477. The van der Waals surface area contributed by atoms with Crippen LogP contribution in [0.5, 0.6) is 0 Å². The molecule has 6 heteroatoms. The maximum absolute atomic E-state index is 12.3. The van der Waals surface area contributed by atoms with E-state index in [2.05, 4.69) is 21.1 Å². The Morgan fingerprint density at radius 2 is 2.17 bits per heavy atom. The fourth-order valence-corrected chi connectivity index (χ4v) is 1.87. The molecule has 0 aliphatic carbocycles. The van der Waals surface area contributed by atoms with Crippen LogP contribution in [0.4, 0.5) is 0 Å². The summed E-state index contributed by atoms with van der Waals surface area (Å²) in [5, 5.41) is 11.5. The van der Waals surface area contributed by atoms with Crippen LogP contribution < -0.4 is 5.73 Å². The minimum absolute atomic E-state index is 0.00498. The first-order chi connectivity index (χ1) is 8.38. The van der Waals surface area contributed by atoms with Crippen molar-refractivity contribution >= 4 is 27.7 Å². The van der Waals surface area contributed by atoms with Crippen molar-refractivity contribution in [2.75, 3.05) is 7.05 Å². The van der Waals surface area contributed by atoms with E-state index in [9.17, 15) is 4.79 Å². The summed E-state index contributed by atoms with van der Waals surface area (Å²) in [4.78, 5) is 13.7. The average molecular weight is 314 g/mol. The molecule has 0 saturated carbocycles. The van der Waals surface area contributed by atoms with Crippen LogP contribution >= 0.6 is 15.9 Å². The normalized spacial score (nSPS) is 13.2. The molecule has 0 aliphatic rings. The van der Waals surface area contributed by atoms with Crippen LogP contribution in [0.15, 0.2) is 27.8 Å². The third-order valence-electron chi connectivity index (χ3n) is 2.80. The monoisotopic (exact) mass is 313 g/mol. The highest BCUT2D eigenvalue weighted by Crippen LogP contribution is 2.20. The van der Waals surface area contributed by atoms with Gasteiger partial charge in [0.05, 0.1) is 11.6 Å². The van der Waals surface area contributed by atoms with E-state index in [1.807, 2.05) is 19.1 Å². The number of hydrogen-bond acceptors (Lipinski definition) is 3. The van der Waals surface area contributed by atoms with Crippen LogP contribution in [0.2, 0.25) is 0 Å². The number of nitrogens with two attached hydrogens (primary N) is 1. The predicted molar refractivity (Wildman–Crippen MR) is 73.8 cm³/mol. The second-order valence-electron chi connectivity index (χ2n) is 4.10. The molecule has 1 aromatic rings. The average Bonchev–Trinajstić information content (AvgIpc) is 2.38. The number of carbonyl (C=O) groups is 1. The van der Waals surface area contributed by atoms with Crippen molar-refractivity contribution in [3.05, 3.63) is 33.8 Å². The van der Waals surface area contributed by atoms with Crippen molar-refractivity contribution in [1.82, 2.24) is 4.90 Å². The predicted octanol–water partition coefficient (Wildman–Crippen LogP) is 1.96. The van der Waals surface area contributed by atoms with Crippen molar-refractivity contribution < 1.29 is 10.0 Å². The molecule has 0 bridgehead atoms. The number of oxime groups is 1. The molecule has 1 rings (SSSR count). The van der Waals surface area contributed by atoms with Gasteiger partial charge in [-0.05, 0) is 41.9 Å². The summed E-state index contributed by atoms with van der Waals surface area (Å²) in [7, 11) is 1.61. The van der Waals surface area contributed by atoms with Crippen molar-refractivity contribution in [2.45, 2.75) is 19.9 Å². The van der Waals surface area contributed by atoms with E-state index in [0.717, 1.165) is 10.0 Å². The lowest BCUT2D eigenvalue weighted by molar-refractivity contribution is 0.0775. The van der Waals surface area contributed by atoms with E-state index in [4.69, 9.17) is 10.9 Å². The lowest BCUT2D eigenvalue weighted by Crippen LogP contribution is -2.43. The Bertz CT molecular complexity index is 488. The second kappa shape index (κ2) is 5.86. The van der Waals surface area contributed by atoms with E-state index < -0.39 is 6.04 Å². The van der Waals surface area contributed by atoms with E-state index >= 15 is 0 Å². The number of halogens is 1. The number of hydrogen-bond donors (Lipinski definition) is 2. The number of amides is 1. The van der Waals surface area contributed by atoms with Crippen LogP contribution in [0.3, 0.4) is 0 Å². The molecule has 0 spiro atoms. The summed E-state index contributed by atoms with van der Waals surface area (Å²) < 4.78 is 0.719. The minimum Gasteiger partial charge on any atom is -0.409 e. The molecule has 1 amide bonds. The van der Waals surface area contributed by atoms with Crippen molar-refractivity contribution in [1.29, 1.82) is 0 Å². The standard InChI is InChI=1S/C12H16BrN3O2/c1-7-4-5-10(13)9(6-7)12(17)16(3)8(2)11(14)15-18/h4-6,8,18H,1-3H3,(H2,14,15). The topological polar surface area (TPSA) is 78.9 Å². The number of rotatable bonds is 3. The Morgan fingerprint density at radius 3 is 2.72 bits per heavy atom. The maximum Gasteiger partial charge on any atom is 0.255 e. The third-order valence-corrected chi connectivity index (χ3v) is 3.49. The zero-order chi connectivity index (χ0) is 13.9. The zero-order valence-corrected chi connectivity index (χ0v) is 12.1. The molecule has 3 N–H and O–H groups in total. The number of carbonyl (C=O) groups excluding carboxylic acids is 1. The highest BCUT2D eigenvalue weighted by Gasteiger charge is 2.22. The SMILES string of the molecule is Cc1ccc(Br)c(C(=O)N(C)C(C)/C(N)=N/O)c1. The fourth-order valence-electron chi connectivity index (χ4n) is 1.45.